The van der Waals surface area contributed by atoms with Gasteiger partial charge >= 0.3 is 0 Å². The second kappa shape index (κ2) is 2.59. The van der Waals surface area contributed by atoms with E-state index in [0.29, 0.717) is 5.92 Å². The van der Waals surface area contributed by atoms with Gasteiger partial charge in [0.1, 0.15) is 0 Å². The predicted octanol–water partition coefficient (Wildman–Crippen LogP) is 1.75. The Kier molecular flexibility index (Phi) is 1.95. The maximum atomic E-state index is 9.04. The van der Waals surface area contributed by atoms with Gasteiger partial charge in [0.05, 0.1) is 6.61 Å². The summed E-state index contributed by atoms with van der Waals surface area (Å²) in [7, 11) is 0. The molecule has 0 saturated heterocycles. The number of aliphatic hydroxyl groups is 1. The van der Waals surface area contributed by atoms with Crippen molar-refractivity contribution in [2.45, 2.75) is 13.8 Å². The fourth-order valence-electron chi connectivity index (χ4n) is 1.07. The van der Waals surface area contributed by atoms with Crippen molar-refractivity contribution in [2.24, 2.45) is 11.3 Å². The molecule has 0 spiro atoms. The van der Waals surface area contributed by atoms with E-state index < -0.39 is 0 Å². The Morgan fingerprint density at radius 2 is 2.20 bits per heavy atom. The Hall–Kier alpha value is -0.560. The van der Waals surface area contributed by atoms with Crippen molar-refractivity contribution >= 4 is 0 Å². The molecule has 0 aromatic carbocycles. The van der Waals surface area contributed by atoms with E-state index in [4.69, 9.17) is 5.11 Å². The fourth-order valence-corrected chi connectivity index (χ4v) is 1.07. The molecule has 0 aromatic rings. The summed E-state index contributed by atoms with van der Waals surface area (Å²) < 4.78 is 0. The fraction of sp³-hybridized carbons (Fsp3) is 0.556. The lowest BCUT2D eigenvalue weighted by Crippen LogP contribution is -2.27. The van der Waals surface area contributed by atoms with Gasteiger partial charge in [0.2, 0.25) is 0 Å². The van der Waals surface area contributed by atoms with Crippen molar-refractivity contribution in [1.29, 1.82) is 0 Å². The minimum absolute atomic E-state index is 0.0330. The van der Waals surface area contributed by atoms with E-state index >= 15 is 0 Å². The van der Waals surface area contributed by atoms with E-state index in [1.165, 1.54) is 0 Å². The third-order valence-electron chi connectivity index (χ3n) is 2.37. The molecule has 0 bridgehead atoms. The van der Waals surface area contributed by atoms with Gasteiger partial charge in [0.15, 0.2) is 0 Å². The second-order valence-electron chi connectivity index (χ2n) is 3.20. The quantitative estimate of drug-likeness (QED) is 0.585. The van der Waals surface area contributed by atoms with Crippen LogP contribution in [0.4, 0.5) is 0 Å². The van der Waals surface area contributed by atoms with E-state index in [-0.39, 0.29) is 12.0 Å². The first-order valence-corrected chi connectivity index (χ1v) is 3.66. The SMILES string of the molecule is CC1C=CC=CC1(C)CO. The lowest BCUT2D eigenvalue weighted by Gasteiger charge is -2.30. The van der Waals surface area contributed by atoms with Crippen molar-refractivity contribution in [2.75, 3.05) is 6.61 Å². The van der Waals surface area contributed by atoms with Crippen molar-refractivity contribution in [1.82, 2.24) is 0 Å². The Balaban J connectivity index is 2.77. The molecule has 1 heteroatoms. The zero-order valence-corrected chi connectivity index (χ0v) is 6.54. The van der Waals surface area contributed by atoms with Gasteiger partial charge in [-0.1, -0.05) is 38.2 Å². The summed E-state index contributed by atoms with van der Waals surface area (Å²) in [6.45, 7) is 4.42. The van der Waals surface area contributed by atoms with Crippen molar-refractivity contribution in [3.8, 4) is 0 Å². The maximum Gasteiger partial charge on any atom is 0.0525 e. The Labute approximate surface area is 62.1 Å². The number of rotatable bonds is 1. The van der Waals surface area contributed by atoms with Gasteiger partial charge in [0, 0.05) is 5.41 Å². The molecule has 1 rings (SSSR count). The monoisotopic (exact) mass is 138 g/mol. The van der Waals surface area contributed by atoms with E-state index in [0.717, 1.165) is 0 Å². The van der Waals surface area contributed by atoms with Crippen LogP contribution in [0, 0.1) is 11.3 Å². The average Bonchev–Trinajstić information content (AvgIpc) is 1.96. The van der Waals surface area contributed by atoms with Crippen molar-refractivity contribution in [3.63, 3.8) is 0 Å². The molecule has 0 radical (unpaired) electrons. The van der Waals surface area contributed by atoms with E-state index in [1.54, 1.807) is 0 Å². The van der Waals surface area contributed by atoms with E-state index in [1.807, 2.05) is 12.2 Å². The molecule has 1 aliphatic rings. The van der Waals surface area contributed by atoms with Gasteiger partial charge in [-0.25, -0.2) is 0 Å². The smallest absolute Gasteiger partial charge is 0.0525 e. The van der Waals surface area contributed by atoms with Crippen LogP contribution in [0.2, 0.25) is 0 Å². The normalized spacial score (nSPS) is 38.5. The molecule has 2 unspecified atom stereocenters. The van der Waals surface area contributed by atoms with Gasteiger partial charge in [-0.15, -0.1) is 0 Å². The van der Waals surface area contributed by atoms with Crippen molar-refractivity contribution < 1.29 is 5.11 Å². The minimum atomic E-state index is -0.0330. The highest BCUT2D eigenvalue weighted by Crippen LogP contribution is 2.31. The van der Waals surface area contributed by atoms with Crippen molar-refractivity contribution in [3.05, 3.63) is 24.3 Å². The summed E-state index contributed by atoms with van der Waals surface area (Å²) >= 11 is 0. The molecule has 0 amide bonds. The molecule has 0 fully saturated rings. The van der Waals surface area contributed by atoms with E-state index in [9.17, 15) is 0 Å². The molecule has 1 N–H and O–H groups in total. The summed E-state index contributed by atoms with van der Waals surface area (Å²) in [6.07, 6.45) is 8.21. The minimum Gasteiger partial charge on any atom is -0.395 e. The molecule has 2 atom stereocenters. The summed E-state index contributed by atoms with van der Waals surface area (Å²) in [4.78, 5) is 0. The second-order valence-corrected chi connectivity index (χ2v) is 3.20. The van der Waals surface area contributed by atoms with Crippen LogP contribution in [0.5, 0.6) is 0 Å². The summed E-state index contributed by atoms with van der Waals surface area (Å²) in [5.74, 6) is 0.447. The zero-order valence-electron chi connectivity index (χ0n) is 6.54. The highest BCUT2D eigenvalue weighted by atomic mass is 16.3. The zero-order chi connectivity index (χ0) is 7.61. The lowest BCUT2D eigenvalue weighted by molar-refractivity contribution is 0.150. The van der Waals surface area contributed by atoms with Gasteiger partial charge < -0.3 is 5.11 Å². The molecule has 0 aromatic heterocycles. The van der Waals surface area contributed by atoms with Crippen LogP contribution in [-0.4, -0.2) is 11.7 Å². The third kappa shape index (κ3) is 1.14. The van der Waals surface area contributed by atoms with Gasteiger partial charge in [-0.3, -0.25) is 0 Å². The first kappa shape index (κ1) is 7.55. The number of hydrogen-bond donors (Lipinski definition) is 1. The largest absolute Gasteiger partial charge is 0.395 e. The molecular weight excluding hydrogens is 124 g/mol. The summed E-state index contributed by atoms with van der Waals surface area (Å²) in [5, 5.41) is 9.04. The number of hydrogen-bond acceptors (Lipinski definition) is 1. The third-order valence-corrected chi connectivity index (χ3v) is 2.37. The molecule has 0 saturated carbocycles. The van der Waals surface area contributed by atoms with E-state index in [2.05, 4.69) is 26.0 Å². The Morgan fingerprint density at radius 1 is 1.50 bits per heavy atom. The first-order valence-electron chi connectivity index (χ1n) is 3.66. The van der Waals surface area contributed by atoms with Gasteiger partial charge in [-0.05, 0) is 5.92 Å². The number of allylic oxidation sites excluding steroid dienone is 3. The molecular formula is C9H14O. The highest BCUT2D eigenvalue weighted by molar-refractivity contribution is 5.18. The van der Waals surface area contributed by atoms with Crippen LogP contribution < -0.4 is 0 Å². The Bertz CT molecular complexity index is 170. The predicted molar refractivity (Wildman–Crippen MR) is 42.6 cm³/mol. The van der Waals surface area contributed by atoms with Crippen LogP contribution in [0.15, 0.2) is 24.3 Å². The first-order chi connectivity index (χ1) is 4.69. The molecule has 0 aliphatic heterocycles. The molecule has 56 valence electrons. The van der Waals surface area contributed by atoms with Gasteiger partial charge in [0.25, 0.3) is 0 Å². The van der Waals surface area contributed by atoms with Crippen LogP contribution in [0.1, 0.15) is 13.8 Å². The Morgan fingerprint density at radius 3 is 2.60 bits per heavy atom. The van der Waals surface area contributed by atoms with Crippen LogP contribution in [0.3, 0.4) is 0 Å². The van der Waals surface area contributed by atoms with Gasteiger partial charge in [-0.2, -0.15) is 0 Å². The molecule has 1 nitrogen and oxygen atoms in total. The highest BCUT2D eigenvalue weighted by Gasteiger charge is 2.26. The molecule has 1 aliphatic carbocycles. The summed E-state index contributed by atoms with van der Waals surface area (Å²) in [5.41, 5.74) is -0.0330. The standard InChI is InChI=1S/C9H14O/c1-8-5-3-4-6-9(8,2)7-10/h3-6,8,10H,7H2,1-2H3. The van der Waals surface area contributed by atoms with Crippen LogP contribution in [-0.2, 0) is 0 Å². The lowest BCUT2D eigenvalue weighted by atomic mass is 9.76. The molecule has 10 heavy (non-hydrogen) atoms. The molecule has 0 heterocycles. The number of aliphatic hydroxyl groups excluding tert-OH is 1. The summed E-state index contributed by atoms with van der Waals surface area (Å²) in [6, 6.07) is 0. The average molecular weight is 138 g/mol. The van der Waals surface area contributed by atoms with Crippen LogP contribution in [0.25, 0.3) is 0 Å². The topological polar surface area (TPSA) is 20.2 Å². The maximum absolute atomic E-state index is 9.04. The van der Waals surface area contributed by atoms with Crippen LogP contribution >= 0.6 is 0 Å².